The zero-order valence-electron chi connectivity index (χ0n) is 13.2. The molecule has 0 atom stereocenters. The van der Waals surface area contributed by atoms with E-state index in [9.17, 15) is 4.79 Å². The Labute approximate surface area is 131 Å². The monoisotopic (exact) mass is 305 g/mol. The molecule has 2 heterocycles. The van der Waals surface area contributed by atoms with Crippen LogP contribution in [0.5, 0.6) is 11.5 Å². The molecular formula is C16H23N3O3. The Hall–Kier alpha value is -1.95. The van der Waals surface area contributed by atoms with Gasteiger partial charge in [0.25, 0.3) is 0 Å². The Morgan fingerprint density at radius 3 is 2.64 bits per heavy atom. The van der Waals surface area contributed by atoms with Crippen LogP contribution in [0.15, 0.2) is 18.2 Å². The lowest BCUT2D eigenvalue weighted by Crippen LogP contribution is -2.50. The summed E-state index contributed by atoms with van der Waals surface area (Å²) in [5, 5.41) is 2.93. The van der Waals surface area contributed by atoms with Crippen LogP contribution >= 0.6 is 0 Å². The molecule has 1 N–H and O–H groups in total. The van der Waals surface area contributed by atoms with Gasteiger partial charge in [-0.25, -0.2) is 4.79 Å². The molecule has 0 spiro atoms. The van der Waals surface area contributed by atoms with Crippen LogP contribution in [0.4, 0.5) is 10.5 Å². The molecule has 0 radical (unpaired) electrons. The Balaban J connectivity index is 1.52. The third-order valence-corrected chi connectivity index (χ3v) is 3.91. The molecule has 2 aliphatic heterocycles. The summed E-state index contributed by atoms with van der Waals surface area (Å²) in [5.41, 5.74) is 0.735. The average Bonchev–Trinajstić information content (AvgIpc) is 2.95. The Morgan fingerprint density at radius 1 is 1.18 bits per heavy atom. The van der Waals surface area contributed by atoms with Crippen LogP contribution in [0.3, 0.4) is 0 Å². The van der Waals surface area contributed by atoms with Gasteiger partial charge in [-0.1, -0.05) is 13.8 Å². The summed E-state index contributed by atoms with van der Waals surface area (Å²) in [6.07, 6.45) is 0. The fraction of sp³-hybridized carbons (Fsp3) is 0.562. The van der Waals surface area contributed by atoms with Gasteiger partial charge in [-0.05, 0) is 18.1 Å². The van der Waals surface area contributed by atoms with Gasteiger partial charge < -0.3 is 19.7 Å². The van der Waals surface area contributed by atoms with Gasteiger partial charge in [-0.2, -0.15) is 0 Å². The van der Waals surface area contributed by atoms with Crippen molar-refractivity contribution in [2.75, 3.05) is 44.8 Å². The Bertz CT molecular complexity index is 539. The van der Waals surface area contributed by atoms with Gasteiger partial charge in [-0.15, -0.1) is 0 Å². The van der Waals surface area contributed by atoms with Crippen molar-refractivity contribution in [2.24, 2.45) is 5.92 Å². The fourth-order valence-electron chi connectivity index (χ4n) is 2.83. The molecule has 0 bridgehead atoms. The smallest absolute Gasteiger partial charge is 0.321 e. The first kappa shape index (κ1) is 15.0. The molecule has 1 fully saturated rings. The number of carbonyl (C=O) groups excluding carboxylic acids is 1. The Morgan fingerprint density at radius 2 is 1.91 bits per heavy atom. The molecule has 1 saturated heterocycles. The van der Waals surface area contributed by atoms with Crippen LogP contribution in [0.25, 0.3) is 0 Å². The van der Waals surface area contributed by atoms with Gasteiger partial charge in [0.05, 0.1) is 0 Å². The lowest BCUT2D eigenvalue weighted by molar-refractivity contribution is 0.138. The molecule has 0 aliphatic carbocycles. The number of hydrogen-bond acceptors (Lipinski definition) is 4. The van der Waals surface area contributed by atoms with E-state index in [0.29, 0.717) is 11.7 Å². The van der Waals surface area contributed by atoms with E-state index in [2.05, 4.69) is 24.1 Å². The molecule has 120 valence electrons. The predicted octanol–water partition coefficient (Wildman–Crippen LogP) is 2.22. The Kier molecular flexibility index (Phi) is 4.38. The normalized spacial score (nSPS) is 17.9. The first-order valence-electron chi connectivity index (χ1n) is 7.80. The van der Waals surface area contributed by atoms with Crippen molar-refractivity contribution in [1.82, 2.24) is 9.80 Å². The van der Waals surface area contributed by atoms with E-state index < -0.39 is 0 Å². The number of carbonyl (C=O) groups is 1. The largest absolute Gasteiger partial charge is 0.454 e. The highest BCUT2D eigenvalue weighted by Crippen LogP contribution is 2.34. The van der Waals surface area contributed by atoms with Crippen LogP contribution in [0.1, 0.15) is 13.8 Å². The molecule has 1 aromatic rings. The van der Waals surface area contributed by atoms with Crippen molar-refractivity contribution >= 4 is 11.7 Å². The van der Waals surface area contributed by atoms with Gasteiger partial charge in [-0.3, -0.25) is 4.90 Å². The maximum absolute atomic E-state index is 12.3. The number of anilines is 1. The molecule has 22 heavy (non-hydrogen) atoms. The molecule has 6 nitrogen and oxygen atoms in total. The average molecular weight is 305 g/mol. The van der Waals surface area contributed by atoms with Crippen molar-refractivity contribution in [3.05, 3.63) is 18.2 Å². The first-order valence-corrected chi connectivity index (χ1v) is 7.80. The van der Waals surface area contributed by atoms with E-state index in [0.717, 1.165) is 44.2 Å². The zero-order valence-corrected chi connectivity index (χ0v) is 13.2. The molecule has 2 aliphatic rings. The summed E-state index contributed by atoms with van der Waals surface area (Å²) >= 11 is 0. The van der Waals surface area contributed by atoms with Gasteiger partial charge in [0.15, 0.2) is 11.5 Å². The second-order valence-corrected chi connectivity index (χ2v) is 6.18. The second kappa shape index (κ2) is 6.44. The third-order valence-electron chi connectivity index (χ3n) is 3.91. The fourth-order valence-corrected chi connectivity index (χ4v) is 2.83. The summed E-state index contributed by atoms with van der Waals surface area (Å²) in [7, 11) is 0. The van der Waals surface area contributed by atoms with Crippen LogP contribution < -0.4 is 14.8 Å². The SMILES string of the molecule is CC(C)CN1CCN(C(=O)Nc2ccc3c(c2)OCO3)CC1. The highest BCUT2D eigenvalue weighted by molar-refractivity contribution is 5.89. The van der Waals surface area contributed by atoms with E-state index in [4.69, 9.17) is 9.47 Å². The zero-order chi connectivity index (χ0) is 15.5. The maximum atomic E-state index is 12.3. The standard InChI is InChI=1S/C16H23N3O3/c1-12(2)10-18-5-7-19(8-6-18)16(20)17-13-3-4-14-15(9-13)22-11-21-14/h3-4,9,12H,5-8,10-11H2,1-2H3,(H,17,20). The van der Waals surface area contributed by atoms with Gasteiger partial charge >= 0.3 is 6.03 Å². The van der Waals surface area contributed by atoms with Crippen LogP contribution in [0, 0.1) is 5.92 Å². The predicted molar refractivity (Wildman–Crippen MR) is 84.4 cm³/mol. The van der Waals surface area contributed by atoms with Gasteiger partial charge in [0, 0.05) is 44.5 Å². The minimum absolute atomic E-state index is 0.0527. The van der Waals surface area contributed by atoms with Gasteiger partial charge in [0.2, 0.25) is 6.79 Å². The molecule has 3 rings (SSSR count). The van der Waals surface area contributed by atoms with E-state index in [1.807, 2.05) is 17.0 Å². The number of amides is 2. The molecule has 2 amide bonds. The van der Waals surface area contributed by atoms with Gasteiger partial charge in [0.1, 0.15) is 0 Å². The molecule has 0 saturated carbocycles. The van der Waals surface area contributed by atoms with Crippen molar-refractivity contribution in [1.29, 1.82) is 0 Å². The minimum Gasteiger partial charge on any atom is -0.454 e. The number of ether oxygens (including phenoxy) is 2. The highest BCUT2D eigenvalue weighted by Gasteiger charge is 2.22. The van der Waals surface area contributed by atoms with Crippen LogP contribution in [-0.4, -0.2) is 55.3 Å². The summed E-state index contributed by atoms with van der Waals surface area (Å²) < 4.78 is 10.6. The van der Waals surface area contributed by atoms with Crippen molar-refractivity contribution in [2.45, 2.75) is 13.8 Å². The number of fused-ring (bicyclic) bond motifs is 1. The lowest BCUT2D eigenvalue weighted by Gasteiger charge is -2.35. The first-order chi connectivity index (χ1) is 10.6. The van der Waals surface area contributed by atoms with Crippen molar-refractivity contribution in [3.8, 4) is 11.5 Å². The van der Waals surface area contributed by atoms with Crippen molar-refractivity contribution < 1.29 is 14.3 Å². The maximum Gasteiger partial charge on any atom is 0.321 e. The minimum atomic E-state index is -0.0527. The number of urea groups is 1. The third kappa shape index (κ3) is 3.44. The topological polar surface area (TPSA) is 54.0 Å². The number of nitrogens with one attached hydrogen (secondary N) is 1. The molecule has 0 unspecified atom stereocenters. The van der Waals surface area contributed by atoms with Crippen LogP contribution in [0.2, 0.25) is 0 Å². The lowest BCUT2D eigenvalue weighted by atomic mass is 10.2. The number of hydrogen-bond donors (Lipinski definition) is 1. The van der Waals surface area contributed by atoms with E-state index in [1.54, 1.807) is 6.07 Å². The summed E-state index contributed by atoms with van der Waals surface area (Å²) in [4.78, 5) is 16.6. The number of benzene rings is 1. The second-order valence-electron chi connectivity index (χ2n) is 6.18. The van der Waals surface area contributed by atoms with Crippen LogP contribution in [-0.2, 0) is 0 Å². The molecule has 0 aromatic heterocycles. The summed E-state index contributed by atoms with van der Waals surface area (Å²) in [6.45, 7) is 9.19. The quantitative estimate of drug-likeness (QED) is 0.930. The van der Waals surface area contributed by atoms with E-state index >= 15 is 0 Å². The number of nitrogens with zero attached hydrogens (tertiary/aromatic N) is 2. The number of piperazine rings is 1. The van der Waals surface area contributed by atoms with E-state index in [1.165, 1.54) is 0 Å². The summed E-state index contributed by atoms with van der Waals surface area (Å²) in [5.74, 6) is 2.06. The van der Waals surface area contributed by atoms with Crippen molar-refractivity contribution in [3.63, 3.8) is 0 Å². The molecule has 1 aromatic carbocycles. The van der Waals surface area contributed by atoms with E-state index in [-0.39, 0.29) is 12.8 Å². The molecular weight excluding hydrogens is 282 g/mol. The summed E-state index contributed by atoms with van der Waals surface area (Å²) in [6, 6.07) is 5.40. The molecule has 6 heteroatoms. The number of rotatable bonds is 3. The highest BCUT2D eigenvalue weighted by atomic mass is 16.7.